The van der Waals surface area contributed by atoms with Crippen molar-refractivity contribution < 1.29 is 9.53 Å². The van der Waals surface area contributed by atoms with Gasteiger partial charge in [0, 0.05) is 30.1 Å². The molecule has 30 heavy (non-hydrogen) atoms. The van der Waals surface area contributed by atoms with E-state index in [0.717, 1.165) is 47.8 Å². The van der Waals surface area contributed by atoms with E-state index in [4.69, 9.17) is 21.3 Å². The molecule has 7 heteroatoms. The largest absolute Gasteiger partial charge is 0.496 e. The molecule has 5 nitrogen and oxygen atoms in total. The first-order valence-corrected chi connectivity index (χ1v) is 11.4. The van der Waals surface area contributed by atoms with Gasteiger partial charge in [0.2, 0.25) is 5.91 Å². The number of nitrogens with zero attached hydrogens (tertiary/aromatic N) is 3. The molecule has 0 bridgehead atoms. The van der Waals surface area contributed by atoms with Gasteiger partial charge in [0.05, 0.1) is 28.9 Å². The van der Waals surface area contributed by atoms with Crippen LogP contribution in [0.25, 0.3) is 10.2 Å². The zero-order chi connectivity index (χ0) is 21.1. The fourth-order valence-electron chi connectivity index (χ4n) is 3.92. The van der Waals surface area contributed by atoms with Gasteiger partial charge in [-0.3, -0.25) is 9.69 Å². The Morgan fingerprint density at radius 1 is 1.27 bits per heavy atom. The molecule has 2 heterocycles. The third-order valence-corrected chi connectivity index (χ3v) is 7.12. The van der Waals surface area contributed by atoms with Crippen molar-refractivity contribution in [2.75, 3.05) is 33.8 Å². The molecule has 2 aromatic carbocycles. The third kappa shape index (κ3) is 4.77. The Morgan fingerprint density at radius 3 is 2.80 bits per heavy atom. The minimum Gasteiger partial charge on any atom is -0.496 e. The molecule has 0 radical (unpaired) electrons. The predicted octanol–water partition coefficient (Wildman–Crippen LogP) is 4.80. The van der Waals surface area contributed by atoms with Gasteiger partial charge in [-0.25, -0.2) is 4.98 Å². The number of likely N-dealkylation sites (N-methyl/N-ethyl adjacent to an activating group) is 1. The Kier molecular flexibility index (Phi) is 6.56. The summed E-state index contributed by atoms with van der Waals surface area (Å²) < 4.78 is 6.58. The Labute approximate surface area is 186 Å². The molecule has 1 saturated heterocycles. The fourth-order valence-corrected chi connectivity index (χ4v) is 5.20. The van der Waals surface area contributed by atoms with Gasteiger partial charge < -0.3 is 9.64 Å². The number of hydrogen-bond acceptors (Lipinski definition) is 5. The molecule has 1 fully saturated rings. The SMILES string of the molecule is COc1ccccc1CN(C)C(=O)CN1CCC(c2nc3cc(Cl)ccc3s2)CC1. The van der Waals surface area contributed by atoms with Gasteiger partial charge in [0.15, 0.2) is 0 Å². The molecule has 1 amide bonds. The molecule has 0 N–H and O–H groups in total. The Bertz CT molecular complexity index is 1030. The smallest absolute Gasteiger partial charge is 0.236 e. The number of rotatable bonds is 6. The zero-order valence-electron chi connectivity index (χ0n) is 17.3. The number of amides is 1. The maximum Gasteiger partial charge on any atom is 0.236 e. The summed E-state index contributed by atoms with van der Waals surface area (Å²) in [6.07, 6.45) is 2.05. The lowest BCUT2D eigenvalue weighted by Crippen LogP contribution is -2.41. The highest BCUT2D eigenvalue weighted by atomic mass is 35.5. The van der Waals surface area contributed by atoms with Crippen LogP contribution >= 0.6 is 22.9 Å². The van der Waals surface area contributed by atoms with Crippen LogP contribution in [0.15, 0.2) is 42.5 Å². The third-order valence-electron chi connectivity index (χ3n) is 5.69. The number of likely N-dealkylation sites (tertiary alicyclic amines) is 1. The van der Waals surface area contributed by atoms with Gasteiger partial charge >= 0.3 is 0 Å². The number of hydrogen-bond donors (Lipinski definition) is 0. The Morgan fingerprint density at radius 2 is 2.03 bits per heavy atom. The predicted molar refractivity (Wildman–Crippen MR) is 123 cm³/mol. The number of para-hydroxylation sites is 1. The second kappa shape index (κ2) is 9.33. The maximum atomic E-state index is 12.7. The van der Waals surface area contributed by atoms with Crippen LogP contribution in [0.5, 0.6) is 5.75 Å². The number of carbonyl (C=O) groups is 1. The highest BCUT2D eigenvalue weighted by Gasteiger charge is 2.25. The molecule has 1 aromatic heterocycles. The van der Waals surface area contributed by atoms with Crippen molar-refractivity contribution in [3.05, 3.63) is 58.1 Å². The number of ether oxygens (including phenoxy) is 1. The minimum absolute atomic E-state index is 0.133. The minimum atomic E-state index is 0.133. The highest BCUT2D eigenvalue weighted by Crippen LogP contribution is 2.34. The molecule has 158 valence electrons. The van der Waals surface area contributed by atoms with Crippen LogP contribution in [0.1, 0.15) is 29.3 Å². The van der Waals surface area contributed by atoms with E-state index in [1.165, 1.54) is 9.71 Å². The summed E-state index contributed by atoms with van der Waals surface area (Å²) in [5.41, 5.74) is 2.00. The van der Waals surface area contributed by atoms with E-state index in [2.05, 4.69) is 4.90 Å². The van der Waals surface area contributed by atoms with Crippen molar-refractivity contribution in [1.29, 1.82) is 0 Å². The molecule has 1 aliphatic heterocycles. The number of methoxy groups -OCH3 is 1. The van der Waals surface area contributed by atoms with E-state index in [1.54, 1.807) is 23.3 Å². The van der Waals surface area contributed by atoms with Crippen molar-refractivity contribution in [3.63, 3.8) is 0 Å². The summed E-state index contributed by atoms with van der Waals surface area (Å²) in [5.74, 6) is 1.41. The van der Waals surface area contributed by atoms with Crippen molar-refractivity contribution in [3.8, 4) is 5.75 Å². The number of fused-ring (bicyclic) bond motifs is 1. The summed E-state index contributed by atoms with van der Waals surface area (Å²) in [7, 11) is 3.51. The Balaban J connectivity index is 1.31. The monoisotopic (exact) mass is 443 g/mol. The fraction of sp³-hybridized carbons (Fsp3) is 0.391. The second-order valence-corrected chi connectivity index (χ2v) is 9.27. The molecule has 0 aliphatic carbocycles. The first-order chi connectivity index (χ1) is 14.5. The van der Waals surface area contributed by atoms with Gasteiger partial charge in [-0.2, -0.15) is 0 Å². The number of benzene rings is 2. The average Bonchev–Trinajstić information content (AvgIpc) is 3.17. The van der Waals surface area contributed by atoms with E-state index < -0.39 is 0 Å². The maximum absolute atomic E-state index is 12.7. The van der Waals surface area contributed by atoms with Gasteiger partial charge in [0.25, 0.3) is 0 Å². The normalized spacial score (nSPS) is 15.4. The summed E-state index contributed by atoms with van der Waals surface area (Å²) in [6, 6.07) is 13.7. The van der Waals surface area contributed by atoms with Crippen LogP contribution in [0.2, 0.25) is 5.02 Å². The molecule has 0 unspecified atom stereocenters. The quantitative estimate of drug-likeness (QED) is 0.549. The van der Waals surface area contributed by atoms with Crippen LogP contribution in [-0.2, 0) is 11.3 Å². The van der Waals surface area contributed by atoms with Crippen LogP contribution in [-0.4, -0.2) is 54.5 Å². The van der Waals surface area contributed by atoms with E-state index in [0.29, 0.717) is 19.0 Å². The van der Waals surface area contributed by atoms with Crippen molar-refractivity contribution in [1.82, 2.24) is 14.8 Å². The number of carbonyl (C=O) groups excluding carboxylic acids is 1. The molecule has 1 aliphatic rings. The zero-order valence-corrected chi connectivity index (χ0v) is 18.9. The van der Waals surface area contributed by atoms with E-state index >= 15 is 0 Å². The molecular weight excluding hydrogens is 418 g/mol. The molecular formula is C23H26ClN3O2S. The van der Waals surface area contributed by atoms with E-state index in [1.807, 2.05) is 49.5 Å². The van der Waals surface area contributed by atoms with Gasteiger partial charge in [-0.15, -0.1) is 11.3 Å². The standard InChI is InChI=1S/C23H26ClN3O2S/c1-26(14-17-5-3-4-6-20(17)29-2)22(28)15-27-11-9-16(10-12-27)23-25-19-13-18(24)7-8-21(19)30-23/h3-8,13,16H,9-12,14-15H2,1-2H3. The second-order valence-electron chi connectivity index (χ2n) is 7.78. The molecule has 0 saturated carbocycles. The van der Waals surface area contributed by atoms with Crippen LogP contribution < -0.4 is 4.74 Å². The van der Waals surface area contributed by atoms with Gasteiger partial charge in [-0.05, 0) is 50.2 Å². The Hall–Kier alpha value is -2.15. The topological polar surface area (TPSA) is 45.7 Å². The summed E-state index contributed by atoms with van der Waals surface area (Å²) in [4.78, 5) is 21.6. The van der Waals surface area contributed by atoms with Crippen molar-refractivity contribution in [2.45, 2.75) is 25.3 Å². The highest BCUT2D eigenvalue weighted by molar-refractivity contribution is 7.18. The average molecular weight is 444 g/mol. The first-order valence-electron chi connectivity index (χ1n) is 10.2. The lowest BCUT2D eigenvalue weighted by Gasteiger charge is -2.31. The molecule has 3 aromatic rings. The van der Waals surface area contributed by atoms with E-state index in [-0.39, 0.29) is 5.91 Å². The van der Waals surface area contributed by atoms with Crippen LogP contribution in [0.3, 0.4) is 0 Å². The summed E-state index contributed by atoms with van der Waals surface area (Å²) in [6.45, 7) is 2.83. The summed E-state index contributed by atoms with van der Waals surface area (Å²) >= 11 is 7.85. The van der Waals surface area contributed by atoms with Crippen molar-refractivity contribution >= 4 is 39.1 Å². The summed E-state index contributed by atoms with van der Waals surface area (Å²) in [5, 5.41) is 1.91. The number of piperidine rings is 1. The first kappa shape index (κ1) is 21.1. The lowest BCUT2D eigenvalue weighted by atomic mass is 9.97. The number of halogens is 1. The molecule has 0 atom stereocenters. The van der Waals surface area contributed by atoms with Gasteiger partial charge in [0.1, 0.15) is 5.75 Å². The van der Waals surface area contributed by atoms with E-state index in [9.17, 15) is 4.79 Å². The number of thiazole rings is 1. The number of aromatic nitrogens is 1. The molecule has 4 rings (SSSR count). The van der Waals surface area contributed by atoms with Crippen molar-refractivity contribution in [2.24, 2.45) is 0 Å². The lowest BCUT2D eigenvalue weighted by molar-refractivity contribution is -0.131. The van der Waals surface area contributed by atoms with Crippen LogP contribution in [0, 0.1) is 0 Å². The van der Waals surface area contributed by atoms with Gasteiger partial charge in [-0.1, -0.05) is 29.8 Å². The van der Waals surface area contributed by atoms with Crippen LogP contribution in [0.4, 0.5) is 0 Å². The molecule has 0 spiro atoms.